The van der Waals surface area contributed by atoms with E-state index in [1.54, 1.807) is 30.3 Å². The lowest BCUT2D eigenvalue weighted by Gasteiger charge is -2.33. The zero-order valence-electron chi connectivity index (χ0n) is 25.3. The Bertz CT molecular complexity index is 1470. The van der Waals surface area contributed by atoms with E-state index >= 15 is 0 Å². The average molecular weight is 578 g/mol. The van der Waals surface area contributed by atoms with Gasteiger partial charge in [0.05, 0.1) is 10.6 Å². The number of hydrogen-bond donors (Lipinski definition) is 1. The number of nitrogens with zero attached hydrogens (tertiary/aromatic N) is 2. The van der Waals surface area contributed by atoms with Gasteiger partial charge in [-0.3, -0.25) is 13.9 Å². The second-order valence-corrected chi connectivity index (χ2v) is 13.1. The number of nitrogens with one attached hydrogen (secondary N) is 1. The van der Waals surface area contributed by atoms with Gasteiger partial charge >= 0.3 is 0 Å². The van der Waals surface area contributed by atoms with Crippen LogP contribution in [-0.2, 0) is 26.2 Å². The van der Waals surface area contributed by atoms with Gasteiger partial charge in [0.15, 0.2) is 0 Å². The zero-order chi connectivity index (χ0) is 30.3. The predicted octanol–water partition coefficient (Wildman–Crippen LogP) is 5.70. The van der Waals surface area contributed by atoms with Crippen LogP contribution in [-0.4, -0.2) is 44.3 Å². The van der Waals surface area contributed by atoms with Gasteiger partial charge in [0.1, 0.15) is 12.6 Å². The van der Waals surface area contributed by atoms with Gasteiger partial charge in [-0.2, -0.15) is 0 Å². The molecule has 0 aliphatic carbocycles. The maximum absolute atomic E-state index is 14.2. The van der Waals surface area contributed by atoms with Gasteiger partial charge in [-0.15, -0.1) is 0 Å². The summed E-state index contributed by atoms with van der Waals surface area (Å²) in [6, 6.07) is 19.1. The first kappa shape index (κ1) is 31.9. The van der Waals surface area contributed by atoms with Crippen LogP contribution in [0.1, 0.15) is 55.0 Å². The van der Waals surface area contributed by atoms with Crippen molar-refractivity contribution < 1.29 is 18.0 Å². The van der Waals surface area contributed by atoms with Crippen LogP contribution >= 0.6 is 0 Å². The van der Waals surface area contributed by atoms with Crippen LogP contribution in [0.2, 0.25) is 0 Å². The van der Waals surface area contributed by atoms with Gasteiger partial charge in [-0.1, -0.05) is 86.0 Å². The number of benzene rings is 3. The Morgan fingerprint density at radius 1 is 0.854 bits per heavy atom. The van der Waals surface area contributed by atoms with Crippen LogP contribution in [0.3, 0.4) is 0 Å². The first-order valence-corrected chi connectivity index (χ1v) is 15.6. The van der Waals surface area contributed by atoms with E-state index in [9.17, 15) is 18.0 Å². The molecule has 41 heavy (non-hydrogen) atoms. The fourth-order valence-corrected chi connectivity index (χ4v) is 6.26. The minimum atomic E-state index is -4.10. The summed E-state index contributed by atoms with van der Waals surface area (Å²) in [7, 11) is -4.10. The standard InChI is InChI=1S/C33H43N3O4S/c1-8-30(33(38)34-20-23(2)3)35(21-28-11-9-10-25(5)19-28)32(37)22-36(31-17-14-26(6)18-27(31)7)41(39,40)29-15-12-24(4)13-16-29/h9-19,23,30H,8,20-22H2,1-7H3,(H,34,38)/t30-/m0/s1. The van der Waals surface area contributed by atoms with E-state index in [0.29, 0.717) is 18.7 Å². The molecule has 0 aliphatic rings. The molecule has 2 amide bonds. The lowest BCUT2D eigenvalue weighted by atomic mass is 10.1. The van der Waals surface area contributed by atoms with E-state index in [2.05, 4.69) is 5.32 Å². The maximum atomic E-state index is 14.2. The highest BCUT2D eigenvalue weighted by molar-refractivity contribution is 7.92. The van der Waals surface area contributed by atoms with Crippen molar-refractivity contribution in [1.29, 1.82) is 0 Å². The van der Waals surface area contributed by atoms with Crippen molar-refractivity contribution in [3.8, 4) is 0 Å². The van der Waals surface area contributed by atoms with Crippen LogP contribution in [0.5, 0.6) is 0 Å². The Kier molecular flexibility index (Phi) is 10.7. The fourth-order valence-electron chi connectivity index (χ4n) is 4.79. The molecule has 1 atom stereocenters. The predicted molar refractivity (Wildman–Crippen MR) is 165 cm³/mol. The Balaban J connectivity index is 2.08. The van der Waals surface area contributed by atoms with E-state index in [4.69, 9.17) is 0 Å². The number of anilines is 1. The van der Waals surface area contributed by atoms with E-state index in [-0.39, 0.29) is 23.3 Å². The molecular formula is C33H43N3O4S. The number of rotatable bonds is 12. The SMILES string of the molecule is CC[C@@H](C(=O)NCC(C)C)N(Cc1cccc(C)c1)C(=O)CN(c1ccc(C)cc1C)S(=O)(=O)c1ccc(C)cc1. The van der Waals surface area contributed by atoms with Crippen LogP contribution < -0.4 is 9.62 Å². The summed E-state index contributed by atoms with van der Waals surface area (Å²) in [6.07, 6.45) is 0.385. The third-order valence-electron chi connectivity index (χ3n) is 7.01. The summed E-state index contributed by atoms with van der Waals surface area (Å²) in [5.41, 5.74) is 4.98. The molecule has 0 fully saturated rings. The molecule has 220 valence electrons. The second-order valence-electron chi connectivity index (χ2n) is 11.2. The molecule has 0 saturated heterocycles. The van der Waals surface area contributed by atoms with Crippen molar-refractivity contribution in [2.45, 2.75) is 72.4 Å². The second kappa shape index (κ2) is 13.8. The monoisotopic (exact) mass is 577 g/mol. The normalized spacial score (nSPS) is 12.2. The van der Waals surface area contributed by atoms with Crippen molar-refractivity contribution in [2.24, 2.45) is 5.92 Å². The molecule has 3 aromatic carbocycles. The van der Waals surface area contributed by atoms with E-state index < -0.39 is 28.5 Å². The Morgan fingerprint density at radius 2 is 1.49 bits per heavy atom. The van der Waals surface area contributed by atoms with Crippen LogP contribution in [0, 0.1) is 33.6 Å². The van der Waals surface area contributed by atoms with Gasteiger partial charge in [0, 0.05) is 13.1 Å². The molecular weight excluding hydrogens is 534 g/mol. The molecule has 1 N–H and O–H groups in total. The summed E-state index contributed by atoms with van der Waals surface area (Å²) in [5, 5.41) is 2.96. The summed E-state index contributed by atoms with van der Waals surface area (Å²) in [5.74, 6) is -0.451. The van der Waals surface area contributed by atoms with Gasteiger partial charge in [-0.25, -0.2) is 8.42 Å². The minimum Gasteiger partial charge on any atom is -0.354 e. The molecule has 0 unspecified atom stereocenters. The lowest BCUT2D eigenvalue weighted by Crippen LogP contribution is -2.52. The maximum Gasteiger partial charge on any atom is 0.264 e. The smallest absolute Gasteiger partial charge is 0.264 e. The van der Waals surface area contributed by atoms with Crippen molar-refractivity contribution in [2.75, 3.05) is 17.4 Å². The van der Waals surface area contributed by atoms with Crippen molar-refractivity contribution >= 4 is 27.5 Å². The number of carbonyl (C=O) groups is 2. The Hall–Kier alpha value is -3.65. The van der Waals surface area contributed by atoms with Gasteiger partial charge < -0.3 is 10.2 Å². The third kappa shape index (κ3) is 8.19. The van der Waals surface area contributed by atoms with Crippen LogP contribution in [0.25, 0.3) is 0 Å². The topological polar surface area (TPSA) is 86.8 Å². The third-order valence-corrected chi connectivity index (χ3v) is 8.79. The summed E-state index contributed by atoms with van der Waals surface area (Å²) < 4.78 is 29.3. The molecule has 0 radical (unpaired) electrons. The van der Waals surface area contributed by atoms with Crippen LogP contribution in [0.4, 0.5) is 5.69 Å². The highest BCUT2D eigenvalue weighted by Gasteiger charge is 2.34. The van der Waals surface area contributed by atoms with Crippen molar-refractivity contribution in [3.63, 3.8) is 0 Å². The molecule has 0 bridgehead atoms. The van der Waals surface area contributed by atoms with Gasteiger partial charge in [-0.05, 0) is 69.4 Å². The first-order valence-electron chi connectivity index (χ1n) is 14.1. The van der Waals surface area contributed by atoms with E-state index in [0.717, 1.165) is 27.8 Å². The first-order chi connectivity index (χ1) is 19.3. The molecule has 3 aromatic rings. The summed E-state index contributed by atoms with van der Waals surface area (Å²) in [6.45, 7) is 13.7. The van der Waals surface area contributed by atoms with Crippen molar-refractivity contribution in [3.05, 3.63) is 94.5 Å². The summed E-state index contributed by atoms with van der Waals surface area (Å²) in [4.78, 5) is 29.2. The molecule has 0 aliphatic heterocycles. The number of sulfonamides is 1. The Labute approximate surface area is 245 Å². The number of aryl methyl sites for hydroxylation is 4. The average Bonchev–Trinajstić information content (AvgIpc) is 2.91. The molecule has 0 heterocycles. The largest absolute Gasteiger partial charge is 0.354 e. The molecule has 0 saturated carbocycles. The molecule has 8 heteroatoms. The fraction of sp³-hybridized carbons (Fsp3) is 0.394. The number of amides is 2. The quantitative estimate of drug-likeness (QED) is 0.299. The minimum absolute atomic E-state index is 0.0998. The van der Waals surface area contributed by atoms with Gasteiger partial charge in [0.2, 0.25) is 11.8 Å². The number of carbonyl (C=O) groups excluding carboxylic acids is 2. The molecule has 0 aromatic heterocycles. The molecule has 7 nitrogen and oxygen atoms in total. The van der Waals surface area contributed by atoms with E-state index in [1.165, 1.54) is 9.21 Å². The zero-order valence-corrected chi connectivity index (χ0v) is 26.1. The molecule has 0 spiro atoms. The van der Waals surface area contributed by atoms with Gasteiger partial charge in [0.25, 0.3) is 10.0 Å². The highest BCUT2D eigenvalue weighted by Crippen LogP contribution is 2.28. The lowest BCUT2D eigenvalue weighted by molar-refractivity contribution is -0.140. The van der Waals surface area contributed by atoms with Crippen molar-refractivity contribution in [1.82, 2.24) is 10.2 Å². The number of hydrogen-bond acceptors (Lipinski definition) is 4. The van der Waals surface area contributed by atoms with E-state index in [1.807, 2.05) is 84.9 Å². The highest BCUT2D eigenvalue weighted by atomic mass is 32.2. The molecule has 3 rings (SSSR count). The van der Waals surface area contributed by atoms with Crippen LogP contribution in [0.15, 0.2) is 71.6 Å². The summed E-state index contributed by atoms with van der Waals surface area (Å²) >= 11 is 0. The Morgan fingerprint density at radius 3 is 2.07 bits per heavy atom.